The first-order valence-electron chi connectivity index (χ1n) is 15.8. The van der Waals surface area contributed by atoms with Gasteiger partial charge >= 0.3 is 0 Å². The molecule has 47 heavy (non-hydrogen) atoms. The van der Waals surface area contributed by atoms with Crippen LogP contribution in [0, 0.1) is 0 Å². The fourth-order valence-electron chi connectivity index (χ4n) is 7.57. The fraction of sp³-hybridized carbons (Fsp3) is 0. The number of benzene rings is 7. The highest BCUT2D eigenvalue weighted by Gasteiger charge is 2.24. The van der Waals surface area contributed by atoms with E-state index in [4.69, 9.17) is 18.8 Å². The molecule has 0 radical (unpaired) electrons. The lowest BCUT2D eigenvalue weighted by molar-refractivity contribution is 0.662. The van der Waals surface area contributed by atoms with Gasteiger partial charge < -0.3 is 8.83 Å². The lowest BCUT2D eigenvalue weighted by Gasteiger charge is -2.10. The van der Waals surface area contributed by atoms with Gasteiger partial charge in [0.05, 0.1) is 11.0 Å². The molecule has 0 aliphatic rings. The number of fused-ring (bicyclic) bond motifs is 13. The van der Waals surface area contributed by atoms with Crippen LogP contribution in [0.5, 0.6) is 0 Å². The minimum absolute atomic E-state index is 0.582. The van der Waals surface area contributed by atoms with E-state index in [0.29, 0.717) is 17.2 Å². The number of hydrogen-bond donors (Lipinski definition) is 0. The number of hydrogen-bond acceptors (Lipinski definition) is 4. The molecule has 0 saturated carbocycles. The van der Waals surface area contributed by atoms with Crippen molar-refractivity contribution in [1.29, 1.82) is 0 Å². The molecule has 7 aromatic carbocycles. The van der Waals surface area contributed by atoms with Gasteiger partial charge in [-0.3, -0.25) is 4.57 Å². The summed E-state index contributed by atoms with van der Waals surface area (Å²) < 4.78 is 15.4. The minimum Gasteiger partial charge on any atom is -0.455 e. The molecule has 11 aromatic rings. The molecule has 0 spiro atoms. The Morgan fingerprint density at radius 3 is 1.94 bits per heavy atom. The Labute approximate surface area is 266 Å². The maximum atomic E-state index is 6.68. The van der Waals surface area contributed by atoms with E-state index in [0.717, 1.165) is 65.8 Å². The molecule has 5 heteroatoms. The second-order valence-corrected chi connectivity index (χ2v) is 12.1. The molecule has 218 valence electrons. The summed E-state index contributed by atoms with van der Waals surface area (Å²) in [7, 11) is 0. The Balaban J connectivity index is 1.29. The fourth-order valence-corrected chi connectivity index (χ4v) is 7.57. The van der Waals surface area contributed by atoms with E-state index in [-0.39, 0.29) is 0 Å². The smallest absolute Gasteiger partial charge is 0.236 e. The third-order valence-electron chi connectivity index (χ3n) is 9.61. The highest BCUT2D eigenvalue weighted by molar-refractivity contribution is 6.23. The van der Waals surface area contributed by atoms with Gasteiger partial charge in [0, 0.05) is 32.5 Å². The topological polar surface area (TPSA) is 57.0 Å². The van der Waals surface area contributed by atoms with Crippen molar-refractivity contribution in [1.82, 2.24) is 14.5 Å². The van der Waals surface area contributed by atoms with Gasteiger partial charge in [-0.15, -0.1) is 0 Å². The second kappa shape index (κ2) is 9.05. The highest BCUT2D eigenvalue weighted by atomic mass is 16.3. The Bertz CT molecular complexity index is 3090. The predicted molar refractivity (Wildman–Crippen MR) is 191 cm³/mol. The van der Waals surface area contributed by atoms with Crippen molar-refractivity contribution in [3.8, 4) is 17.2 Å². The zero-order valence-corrected chi connectivity index (χ0v) is 24.9. The van der Waals surface area contributed by atoms with Crippen LogP contribution in [0.3, 0.4) is 0 Å². The molecular formula is C42H23N3O2. The van der Waals surface area contributed by atoms with Gasteiger partial charge in [0.2, 0.25) is 5.95 Å². The van der Waals surface area contributed by atoms with Gasteiger partial charge in [-0.1, -0.05) is 103 Å². The summed E-state index contributed by atoms with van der Waals surface area (Å²) in [5, 5.41) is 10.2. The molecule has 0 atom stereocenters. The molecular weight excluding hydrogens is 578 g/mol. The summed E-state index contributed by atoms with van der Waals surface area (Å²) in [5.74, 6) is 0.582. The molecule has 0 amide bonds. The van der Waals surface area contributed by atoms with Crippen molar-refractivity contribution in [2.24, 2.45) is 0 Å². The maximum Gasteiger partial charge on any atom is 0.236 e. The summed E-state index contributed by atoms with van der Waals surface area (Å²) in [5.41, 5.74) is 7.45. The van der Waals surface area contributed by atoms with E-state index in [9.17, 15) is 0 Å². The van der Waals surface area contributed by atoms with Gasteiger partial charge in [-0.2, -0.15) is 0 Å². The average molecular weight is 602 g/mol. The van der Waals surface area contributed by atoms with E-state index in [1.54, 1.807) is 0 Å². The monoisotopic (exact) mass is 601 g/mol. The predicted octanol–water partition coefficient (Wildman–Crippen LogP) is 11.3. The molecule has 4 heterocycles. The van der Waals surface area contributed by atoms with Gasteiger partial charge in [-0.05, 0) is 57.9 Å². The van der Waals surface area contributed by atoms with Crippen molar-refractivity contribution in [2.75, 3.05) is 0 Å². The normalized spacial score (nSPS) is 12.3. The first-order valence-corrected chi connectivity index (χ1v) is 15.8. The maximum absolute atomic E-state index is 6.68. The third-order valence-corrected chi connectivity index (χ3v) is 9.61. The summed E-state index contributed by atoms with van der Waals surface area (Å²) in [4.78, 5) is 10.6. The lowest BCUT2D eigenvalue weighted by atomic mass is 10.0. The Morgan fingerprint density at radius 1 is 0.426 bits per heavy atom. The second-order valence-electron chi connectivity index (χ2n) is 12.1. The van der Waals surface area contributed by atoms with Crippen molar-refractivity contribution in [3.05, 3.63) is 140 Å². The summed E-state index contributed by atoms with van der Waals surface area (Å²) >= 11 is 0. The molecule has 0 aliphatic heterocycles. The molecule has 0 aliphatic carbocycles. The zero-order chi connectivity index (χ0) is 30.6. The summed E-state index contributed by atoms with van der Waals surface area (Å²) in [6.45, 7) is 0. The highest BCUT2D eigenvalue weighted by Crippen LogP contribution is 2.43. The molecule has 0 unspecified atom stereocenters. The van der Waals surface area contributed by atoms with Crippen LogP contribution in [0.25, 0.3) is 105 Å². The number of rotatable bonds is 2. The summed E-state index contributed by atoms with van der Waals surface area (Å²) in [6, 6.07) is 48.4. The van der Waals surface area contributed by atoms with Crippen LogP contribution in [-0.2, 0) is 0 Å². The van der Waals surface area contributed by atoms with E-state index in [2.05, 4.69) is 126 Å². The largest absolute Gasteiger partial charge is 0.455 e. The van der Waals surface area contributed by atoms with Crippen molar-refractivity contribution < 1.29 is 8.83 Å². The third kappa shape index (κ3) is 3.32. The van der Waals surface area contributed by atoms with Gasteiger partial charge in [0.25, 0.3) is 0 Å². The first kappa shape index (κ1) is 24.8. The molecule has 0 saturated heterocycles. The van der Waals surface area contributed by atoms with Gasteiger partial charge in [0.1, 0.15) is 28.0 Å². The van der Waals surface area contributed by atoms with Crippen LogP contribution in [0.1, 0.15) is 0 Å². The van der Waals surface area contributed by atoms with Crippen molar-refractivity contribution in [2.45, 2.75) is 0 Å². The van der Waals surface area contributed by atoms with Crippen molar-refractivity contribution in [3.63, 3.8) is 0 Å². The molecule has 5 nitrogen and oxygen atoms in total. The Hall–Kier alpha value is -6.46. The Morgan fingerprint density at radius 2 is 1.09 bits per heavy atom. The summed E-state index contributed by atoms with van der Waals surface area (Å²) in [6.07, 6.45) is 0. The van der Waals surface area contributed by atoms with E-state index in [1.807, 2.05) is 18.2 Å². The van der Waals surface area contributed by atoms with Crippen LogP contribution in [0.15, 0.2) is 148 Å². The number of aromatic nitrogens is 3. The van der Waals surface area contributed by atoms with Crippen LogP contribution < -0.4 is 0 Å². The van der Waals surface area contributed by atoms with E-state index in [1.165, 1.54) is 21.5 Å². The Kier molecular flexibility index (Phi) is 4.78. The van der Waals surface area contributed by atoms with E-state index >= 15 is 0 Å². The molecule has 11 rings (SSSR count). The van der Waals surface area contributed by atoms with Gasteiger partial charge in [0.15, 0.2) is 5.58 Å². The number of nitrogens with zero attached hydrogens (tertiary/aromatic N) is 3. The van der Waals surface area contributed by atoms with Crippen LogP contribution in [-0.4, -0.2) is 14.5 Å². The number of para-hydroxylation sites is 3. The number of furan rings is 2. The van der Waals surface area contributed by atoms with Crippen LogP contribution in [0.4, 0.5) is 0 Å². The first-order chi connectivity index (χ1) is 23.3. The van der Waals surface area contributed by atoms with E-state index < -0.39 is 0 Å². The van der Waals surface area contributed by atoms with Crippen LogP contribution >= 0.6 is 0 Å². The quantitative estimate of drug-likeness (QED) is 0.198. The molecule has 4 aromatic heterocycles. The molecule has 0 bridgehead atoms. The van der Waals surface area contributed by atoms with Gasteiger partial charge in [-0.25, -0.2) is 9.97 Å². The molecule has 0 N–H and O–H groups in total. The SMILES string of the molecule is c1ccc2c(c1)ccc1oc3c(-c4nc(-n5c6ccccc6c6c7ccccc7ccc65)nc5c4oc4ccccc45)cccc3c12. The average Bonchev–Trinajstić information content (AvgIpc) is 3.81. The lowest BCUT2D eigenvalue weighted by Crippen LogP contribution is -2.03. The standard InChI is InChI=1S/C42H23N3O2/c1-3-12-26-24(10-1)20-22-33-36(26)28-14-5-7-18-32(28)45(33)42-43-38-29-15-6-8-19-34(29)46-41(38)39(44-42)31-17-9-16-30-37-27-13-4-2-11-25(27)21-23-35(37)47-40(30)31/h1-23H. The molecule has 0 fully saturated rings. The van der Waals surface area contributed by atoms with Crippen LogP contribution in [0.2, 0.25) is 0 Å². The minimum atomic E-state index is 0.582. The zero-order valence-electron chi connectivity index (χ0n) is 24.9. The van der Waals surface area contributed by atoms with Crippen molar-refractivity contribution >= 4 is 87.4 Å².